The van der Waals surface area contributed by atoms with E-state index >= 15 is 0 Å². The summed E-state index contributed by atoms with van der Waals surface area (Å²) in [4.78, 5) is 14.1. The van der Waals surface area contributed by atoms with E-state index in [1.165, 1.54) is 0 Å². The van der Waals surface area contributed by atoms with Crippen LogP contribution in [0.15, 0.2) is 0 Å². The fourth-order valence-corrected chi connectivity index (χ4v) is 2.03. The van der Waals surface area contributed by atoms with E-state index in [1.54, 1.807) is 7.11 Å². The number of ether oxygens (including phenoxy) is 1. The molecule has 0 aromatic heterocycles. The molecule has 1 rings (SSSR count). The number of nitrogens with zero attached hydrogens (tertiary/aromatic N) is 1. The summed E-state index contributed by atoms with van der Waals surface area (Å²) in [5, 5.41) is 3.29. The SMILES string of the molecule is CCN(CCOC)C(=O)C1(C)CCCN1. The van der Waals surface area contributed by atoms with E-state index in [4.69, 9.17) is 4.74 Å². The third-order valence-electron chi connectivity index (χ3n) is 3.08. The fraction of sp³-hybridized carbons (Fsp3) is 0.909. The van der Waals surface area contributed by atoms with E-state index in [-0.39, 0.29) is 11.4 Å². The van der Waals surface area contributed by atoms with Gasteiger partial charge in [0.25, 0.3) is 0 Å². The molecule has 0 aliphatic carbocycles. The molecule has 0 radical (unpaired) electrons. The molecule has 1 fully saturated rings. The Morgan fingerprint density at radius 1 is 1.60 bits per heavy atom. The molecule has 4 heteroatoms. The predicted molar refractivity (Wildman–Crippen MR) is 59.8 cm³/mol. The first kappa shape index (κ1) is 12.5. The smallest absolute Gasteiger partial charge is 0.242 e. The van der Waals surface area contributed by atoms with Gasteiger partial charge < -0.3 is 15.0 Å². The molecule has 0 saturated carbocycles. The van der Waals surface area contributed by atoms with Gasteiger partial charge >= 0.3 is 0 Å². The number of carbonyl (C=O) groups is 1. The van der Waals surface area contributed by atoms with Crippen molar-refractivity contribution in [2.45, 2.75) is 32.2 Å². The van der Waals surface area contributed by atoms with Crippen molar-refractivity contribution in [2.75, 3.05) is 33.4 Å². The van der Waals surface area contributed by atoms with Crippen LogP contribution in [0, 0.1) is 0 Å². The first-order valence-electron chi connectivity index (χ1n) is 5.67. The molecule has 88 valence electrons. The topological polar surface area (TPSA) is 41.6 Å². The number of carbonyl (C=O) groups excluding carboxylic acids is 1. The standard InChI is InChI=1S/C11H22N2O2/c1-4-13(8-9-15-3)10(14)11(2)6-5-7-12-11/h12H,4-9H2,1-3H3. The Morgan fingerprint density at radius 3 is 2.80 bits per heavy atom. The molecular formula is C11H22N2O2. The molecule has 1 unspecified atom stereocenters. The number of amides is 1. The van der Waals surface area contributed by atoms with Crippen molar-refractivity contribution in [3.63, 3.8) is 0 Å². The number of hydrogen-bond acceptors (Lipinski definition) is 3. The van der Waals surface area contributed by atoms with E-state index in [0.29, 0.717) is 13.2 Å². The summed E-state index contributed by atoms with van der Waals surface area (Å²) in [6, 6.07) is 0. The molecule has 1 aliphatic heterocycles. The quantitative estimate of drug-likeness (QED) is 0.729. The van der Waals surface area contributed by atoms with Crippen molar-refractivity contribution in [3.8, 4) is 0 Å². The summed E-state index contributed by atoms with van der Waals surface area (Å²) in [7, 11) is 1.66. The van der Waals surface area contributed by atoms with Gasteiger partial charge in [-0.1, -0.05) is 0 Å². The second-order valence-corrected chi connectivity index (χ2v) is 4.24. The molecule has 1 amide bonds. The minimum absolute atomic E-state index is 0.208. The van der Waals surface area contributed by atoms with Crippen LogP contribution in [0.4, 0.5) is 0 Å². The van der Waals surface area contributed by atoms with Gasteiger partial charge in [-0.05, 0) is 33.2 Å². The lowest BCUT2D eigenvalue weighted by Crippen LogP contribution is -2.53. The van der Waals surface area contributed by atoms with E-state index in [2.05, 4.69) is 5.32 Å². The van der Waals surface area contributed by atoms with Gasteiger partial charge in [-0.3, -0.25) is 4.79 Å². The van der Waals surface area contributed by atoms with Crippen LogP contribution in [0.5, 0.6) is 0 Å². The van der Waals surface area contributed by atoms with Crippen molar-refractivity contribution in [1.29, 1.82) is 0 Å². The van der Waals surface area contributed by atoms with E-state index in [9.17, 15) is 4.79 Å². The number of methoxy groups -OCH3 is 1. The number of hydrogen-bond donors (Lipinski definition) is 1. The van der Waals surface area contributed by atoms with Gasteiger partial charge in [-0.25, -0.2) is 0 Å². The Morgan fingerprint density at radius 2 is 2.33 bits per heavy atom. The Bertz CT molecular complexity index is 213. The molecule has 1 N–H and O–H groups in total. The summed E-state index contributed by atoms with van der Waals surface area (Å²) in [5.74, 6) is 0.208. The second kappa shape index (κ2) is 5.47. The number of nitrogens with one attached hydrogen (secondary N) is 1. The fourth-order valence-electron chi connectivity index (χ4n) is 2.03. The van der Waals surface area contributed by atoms with Crippen LogP contribution >= 0.6 is 0 Å². The first-order chi connectivity index (χ1) is 7.14. The van der Waals surface area contributed by atoms with Gasteiger partial charge in [0, 0.05) is 20.2 Å². The summed E-state index contributed by atoms with van der Waals surface area (Å²) < 4.78 is 5.01. The minimum Gasteiger partial charge on any atom is -0.383 e. The zero-order valence-corrected chi connectivity index (χ0v) is 10.0. The summed E-state index contributed by atoms with van der Waals surface area (Å²) in [6.45, 7) is 6.99. The molecule has 1 heterocycles. The van der Waals surface area contributed by atoms with Gasteiger partial charge in [0.15, 0.2) is 0 Å². The van der Waals surface area contributed by atoms with Gasteiger partial charge in [-0.15, -0.1) is 0 Å². The lowest BCUT2D eigenvalue weighted by Gasteiger charge is -2.31. The van der Waals surface area contributed by atoms with Crippen LogP contribution in [-0.2, 0) is 9.53 Å². The van der Waals surface area contributed by atoms with E-state index < -0.39 is 0 Å². The monoisotopic (exact) mass is 214 g/mol. The molecule has 15 heavy (non-hydrogen) atoms. The first-order valence-corrected chi connectivity index (χ1v) is 5.67. The summed E-state index contributed by atoms with van der Waals surface area (Å²) in [5.41, 5.74) is -0.344. The molecule has 1 atom stereocenters. The highest BCUT2D eigenvalue weighted by Crippen LogP contribution is 2.21. The lowest BCUT2D eigenvalue weighted by atomic mass is 9.98. The Labute approximate surface area is 92.0 Å². The molecule has 0 spiro atoms. The minimum atomic E-state index is -0.344. The van der Waals surface area contributed by atoms with Crippen molar-refractivity contribution < 1.29 is 9.53 Å². The van der Waals surface area contributed by atoms with Gasteiger partial charge in [0.1, 0.15) is 0 Å². The number of rotatable bonds is 5. The summed E-state index contributed by atoms with van der Waals surface area (Å²) >= 11 is 0. The van der Waals surface area contributed by atoms with Crippen molar-refractivity contribution in [1.82, 2.24) is 10.2 Å². The Kier molecular flexibility index (Phi) is 4.54. The van der Waals surface area contributed by atoms with Crippen LogP contribution in [-0.4, -0.2) is 49.7 Å². The average molecular weight is 214 g/mol. The van der Waals surface area contributed by atoms with E-state index in [0.717, 1.165) is 25.9 Å². The lowest BCUT2D eigenvalue weighted by molar-refractivity contribution is -0.137. The van der Waals surface area contributed by atoms with Gasteiger partial charge in [0.05, 0.1) is 12.1 Å². The largest absolute Gasteiger partial charge is 0.383 e. The number of likely N-dealkylation sites (N-methyl/N-ethyl adjacent to an activating group) is 1. The highest BCUT2D eigenvalue weighted by atomic mass is 16.5. The van der Waals surface area contributed by atoms with Crippen LogP contribution in [0.3, 0.4) is 0 Å². The molecular weight excluding hydrogens is 192 g/mol. The zero-order chi connectivity index (χ0) is 11.3. The van der Waals surface area contributed by atoms with Gasteiger partial charge in [0.2, 0.25) is 5.91 Å². The van der Waals surface area contributed by atoms with Crippen LogP contribution < -0.4 is 5.32 Å². The predicted octanol–water partition coefficient (Wildman–Crippen LogP) is 0.623. The highest BCUT2D eigenvalue weighted by Gasteiger charge is 2.38. The normalized spacial score (nSPS) is 25.5. The molecule has 0 aromatic carbocycles. The van der Waals surface area contributed by atoms with E-state index in [1.807, 2.05) is 18.7 Å². The molecule has 0 aromatic rings. The Hall–Kier alpha value is -0.610. The molecule has 4 nitrogen and oxygen atoms in total. The van der Waals surface area contributed by atoms with Crippen molar-refractivity contribution >= 4 is 5.91 Å². The summed E-state index contributed by atoms with van der Waals surface area (Å²) in [6.07, 6.45) is 2.03. The zero-order valence-electron chi connectivity index (χ0n) is 10.0. The average Bonchev–Trinajstić information content (AvgIpc) is 2.67. The van der Waals surface area contributed by atoms with Crippen molar-refractivity contribution in [3.05, 3.63) is 0 Å². The maximum Gasteiger partial charge on any atom is 0.242 e. The second-order valence-electron chi connectivity index (χ2n) is 4.24. The Balaban J connectivity index is 2.55. The molecule has 1 aliphatic rings. The van der Waals surface area contributed by atoms with Crippen LogP contribution in [0.1, 0.15) is 26.7 Å². The van der Waals surface area contributed by atoms with Crippen molar-refractivity contribution in [2.24, 2.45) is 0 Å². The maximum absolute atomic E-state index is 12.2. The molecule has 0 bridgehead atoms. The molecule has 1 saturated heterocycles. The maximum atomic E-state index is 12.2. The third kappa shape index (κ3) is 2.92. The van der Waals surface area contributed by atoms with Crippen LogP contribution in [0.25, 0.3) is 0 Å². The van der Waals surface area contributed by atoms with Crippen LogP contribution in [0.2, 0.25) is 0 Å². The van der Waals surface area contributed by atoms with Gasteiger partial charge in [-0.2, -0.15) is 0 Å². The highest BCUT2D eigenvalue weighted by molar-refractivity contribution is 5.86. The third-order valence-corrected chi connectivity index (χ3v) is 3.08.